The summed E-state index contributed by atoms with van der Waals surface area (Å²) in [6, 6.07) is -1.85. The van der Waals surface area contributed by atoms with Crippen LogP contribution in [-0.2, 0) is 9.59 Å². The van der Waals surface area contributed by atoms with Crippen LogP contribution in [0.2, 0.25) is 0 Å². The van der Waals surface area contributed by atoms with Gasteiger partial charge in [0.25, 0.3) is 0 Å². The van der Waals surface area contributed by atoms with E-state index in [0.29, 0.717) is 6.42 Å². The summed E-state index contributed by atoms with van der Waals surface area (Å²) < 4.78 is 0. The first kappa shape index (κ1) is 14.2. The van der Waals surface area contributed by atoms with Gasteiger partial charge < -0.3 is 21.5 Å². The Kier molecular flexibility index (Phi) is 5.91. The Labute approximate surface area is 93.4 Å². The average molecular weight is 231 g/mol. The maximum absolute atomic E-state index is 11.3. The third-order valence-corrected chi connectivity index (χ3v) is 2.02. The van der Waals surface area contributed by atoms with Gasteiger partial charge in [0.15, 0.2) is 0 Å². The Bertz CT molecular complexity index is 280. The first-order valence-electron chi connectivity index (χ1n) is 4.95. The van der Waals surface area contributed by atoms with E-state index in [-0.39, 0.29) is 6.42 Å². The molecule has 7 nitrogen and oxygen atoms in total. The second kappa shape index (κ2) is 6.65. The number of nitrogens with one attached hydrogen (secondary N) is 2. The van der Waals surface area contributed by atoms with E-state index >= 15 is 0 Å². The molecule has 0 rings (SSSR count). The van der Waals surface area contributed by atoms with E-state index in [0.717, 1.165) is 0 Å². The summed E-state index contributed by atoms with van der Waals surface area (Å²) in [5, 5.41) is 13.3. The Morgan fingerprint density at radius 3 is 2.25 bits per heavy atom. The standard InChI is InChI=1S/C9H17N3O4/c1-3-6(4-7(13)14)12-9(16)11-5(2)8(10)15/h5-6H,3-4H2,1-2H3,(H2,10,15)(H,13,14)(H2,11,12,16). The molecule has 0 aromatic rings. The lowest BCUT2D eigenvalue weighted by molar-refractivity contribution is -0.137. The molecule has 0 saturated carbocycles. The van der Waals surface area contributed by atoms with E-state index in [2.05, 4.69) is 10.6 Å². The van der Waals surface area contributed by atoms with Gasteiger partial charge in [0.1, 0.15) is 6.04 Å². The molecule has 0 heterocycles. The number of aliphatic carboxylic acids is 1. The van der Waals surface area contributed by atoms with Gasteiger partial charge in [-0.3, -0.25) is 9.59 Å². The van der Waals surface area contributed by atoms with E-state index < -0.39 is 30.0 Å². The Balaban J connectivity index is 4.10. The quantitative estimate of drug-likeness (QED) is 0.488. The Hall–Kier alpha value is -1.79. The van der Waals surface area contributed by atoms with Crippen molar-refractivity contribution in [2.45, 2.75) is 38.8 Å². The molecule has 92 valence electrons. The van der Waals surface area contributed by atoms with Gasteiger partial charge in [-0.25, -0.2) is 4.79 Å². The average Bonchev–Trinajstić information content (AvgIpc) is 2.15. The van der Waals surface area contributed by atoms with Crippen molar-refractivity contribution in [2.75, 3.05) is 0 Å². The van der Waals surface area contributed by atoms with Crippen LogP contribution in [0.25, 0.3) is 0 Å². The molecule has 7 heteroatoms. The topological polar surface area (TPSA) is 122 Å². The van der Waals surface area contributed by atoms with E-state index in [1.807, 2.05) is 0 Å². The molecular weight excluding hydrogens is 214 g/mol. The first-order chi connectivity index (χ1) is 7.36. The third-order valence-electron chi connectivity index (χ3n) is 2.02. The number of rotatable bonds is 6. The number of amides is 3. The molecule has 0 spiro atoms. The largest absolute Gasteiger partial charge is 0.481 e. The van der Waals surface area contributed by atoms with Crippen LogP contribution in [0.5, 0.6) is 0 Å². The van der Waals surface area contributed by atoms with E-state index in [1.165, 1.54) is 6.92 Å². The lowest BCUT2D eigenvalue weighted by Crippen LogP contribution is -2.49. The van der Waals surface area contributed by atoms with E-state index in [4.69, 9.17) is 10.8 Å². The Morgan fingerprint density at radius 2 is 1.88 bits per heavy atom. The molecule has 2 unspecified atom stereocenters. The van der Waals surface area contributed by atoms with Gasteiger partial charge in [0, 0.05) is 6.04 Å². The van der Waals surface area contributed by atoms with Crippen molar-refractivity contribution in [2.24, 2.45) is 5.73 Å². The normalized spacial score (nSPS) is 13.6. The number of hydrogen-bond donors (Lipinski definition) is 4. The monoisotopic (exact) mass is 231 g/mol. The minimum Gasteiger partial charge on any atom is -0.481 e. The van der Waals surface area contributed by atoms with Gasteiger partial charge in [-0.2, -0.15) is 0 Å². The fourth-order valence-electron chi connectivity index (χ4n) is 1.00. The molecule has 3 amide bonds. The number of urea groups is 1. The van der Waals surface area contributed by atoms with Gasteiger partial charge in [-0.05, 0) is 13.3 Å². The van der Waals surface area contributed by atoms with Crippen LogP contribution in [-0.4, -0.2) is 35.1 Å². The third kappa shape index (κ3) is 5.84. The van der Waals surface area contributed by atoms with Crippen molar-refractivity contribution in [3.8, 4) is 0 Å². The molecule has 0 aliphatic rings. The van der Waals surface area contributed by atoms with Crippen molar-refractivity contribution in [3.05, 3.63) is 0 Å². The van der Waals surface area contributed by atoms with Gasteiger partial charge >= 0.3 is 12.0 Å². The minimum atomic E-state index is -0.991. The highest BCUT2D eigenvalue weighted by molar-refractivity contribution is 5.85. The molecule has 16 heavy (non-hydrogen) atoms. The highest BCUT2D eigenvalue weighted by Crippen LogP contribution is 1.97. The molecular formula is C9H17N3O4. The Morgan fingerprint density at radius 1 is 1.31 bits per heavy atom. The molecule has 0 saturated heterocycles. The summed E-state index contributed by atoms with van der Waals surface area (Å²) in [6.07, 6.45) is 0.333. The summed E-state index contributed by atoms with van der Waals surface area (Å²) in [5.41, 5.74) is 4.95. The first-order valence-corrected chi connectivity index (χ1v) is 4.95. The van der Waals surface area contributed by atoms with Gasteiger partial charge in [-0.1, -0.05) is 6.92 Å². The lowest BCUT2D eigenvalue weighted by Gasteiger charge is -2.17. The summed E-state index contributed by atoms with van der Waals surface area (Å²) in [6.45, 7) is 3.20. The molecule has 2 atom stereocenters. The van der Waals surface area contributed by atoms with Gasteiger partial charge in [-0.15, -0.1) is 0 Å². The minimum absolute atomic E-state index is 0.158. The summed E-state index contributed by atoms with van der Waals surface area (Å²) in [5.74, 6) is -1.64. The predicted octanol–water partition coefficient (Wildman–Crippen LogP) is -0.587. The molecule has 0 aromatic heterocycles. The van der Waals surface area contributed by atoms with Crippen molar-refractivity contribution < 1.29 is 19.5 Å². The van der Waals surface area contributed by atoms with Crippen LogP contribution in [0.15, 0.2) is 0 Å². The molecule has 0 aliphatic carbocycles. The maximum Gasteiger partial charge on any atom is 0.315 e. The molecule has 0 bridgehead atoms. The van der Waals surface area contributed by atoms with E-state index in [1.54, 1.807) is 6.92 Å². The summed E-state index contributed by atoms with van der Waals surface area (Å²) in [4.78, 5) is 32.4. The number of carboxylic acid groups (broad SMARTS) is 1. The molecule has 0 radical (unpaired) electrons. The number of carbonyl (C=O) groups is 3. The summed E-state index contributed by atoms with van der Waals surface area (Å²) >= 11 is 0. The highest BCUT2D eigenvalue weighted by Gasteiger charge is 2.16. The van der Waals surface area contributed by atoms with Crippen molar-refractivity contribution in [1.29, 1.82) is 0 Å². The zero-order valence-electron chi connectivity index (χ0n) is 9.32. The zero-order valence-corrected chi connectivity index (χ0v) is 9.32. The van der Waals surface area contributed by atoms with Crippen molar-refractivity contribution >= 4 is 17.9 Å². The molecule has 5 N–H and O–H groups in total. The van der Waals surface area contributed by atoms with Crippen molar-refractivity contribution in [3.63, 3.8) is 0 Å². The second-order valence-electron chi connectivity index (χ2n) is 3.44. The fourth-order valence-corrected chi connectivity index (χ4v) is 1.00. The second-order valence-corrected chi connectivity index (χ2v) is 3.44. The maximum atomic E-state index is 11.3. The van der Waals surface area contributed by atoms with Crippen LogP contribution in [0.3, 0.4) is 0 Å². The molecule has 0 fully saturated rings. The SMILES string of the molecule is CCC(CC(=O)O)NC(=O)NC(C)C(N)=O. The predicted molar refractivity (Wildman–Crippen MR) is 56.7 cm³/mol. The van der Waals surface area contributed by atoms with E-state index in [9.17, 15) is 14.4 Å². The molecule has 0 aromatic carbocycles. The number of carbonyl (C=O) groups excluding carboxylic acids is 2. The highest BCUT2D eigenvalue weighted by atomic mass is 16.4. The fraction of sp³-hybridized carbons (Fsp3) is 0.667. The van der Waals surface area contributed by atoms with Gasteiger partial charge in [0.05, 0.1) is 6.42 Å². The van der Waals surface area contributed by atoms with Gasteiger partial charge in [0.2, 0.25) is 5.91 Å². The van der Waals surface area contributed by atoms with Crippen LogP contribution in [0, 0.1) is 0 Å². The van der Waals surface area contributed by atoms with Crippen LogP contribution in [0.1, 0.15) is 26.7 Å². The molecule has 0 aliphatic heterocycles. The lowest BCUT2D eigenvalue weighted by atomic mass is 10.1. The number of primary amides is 1. The number of hydrogen-bond acceptors (Lipinski definition) is 3. The smallest absolute Gasteiger partial charge is 0.315 e. The summed E-state index contributed by atoms with van der Waals surface area (Å²) in [7, 11) is 0. The number of nitrogens with two attached hydrogens (primary N) is 1. The van der Waals surface area contributed by atoms with Crippen LogP contribution >= 0.6 is 0 Å². The number of carboxylic acids is 1. The zero-order chi connectivity index (χ0) is 12.7. The van der Waals surface area contributed by atoms with Crippen LogP contribution < -0.4 is 16.4 Å². The van der Waals surface area contributed by atoms with Crippen molar-refractivity contribution in [1.82, 2.24) is 10.6 Å². The van der Waals surface area contributed by atoms with Crippen LogP contribution in [0.4, 0.5) is 4.79 Å².